The van der Waals surface area contributed by atoms with Crippen molar-refractivity contribution >= 4 is 33.2 Å². The summed E-state index contributed by atoms with van der Waals surface area (Å²) in [5.74, 6) is -0.389. The Labute approximate surface area is 160 Å². The van der Waals surface area contributed by atoms with Gasteiger partial charge in [-0.15, -0.1) is 0 Å². The van der Waals surface area contributed by atoms with Gasteiger partial charge in [-0.3, -0.25) is 9.10 Å². The Bertz CT molecular complexity index is 896. The first kappa shape index (κ1) is 20.3. The van der Waals surface area contributed by atoms with E-state index in [1.165, 1.54) is 0 Å². The van der Waals surface area contributed by atoms with Crippen LogP contribution in [0.3, 0.4) is 0 Å². The third kappa shape index (κ3) is 5.22. The number of halogens is 1. The number of anilines is 1. The molecule has 0 spiro atoms. The smallest absolute Gasteiger partial charge is 0.241 e. The molecule has 0 fully saturated rings. The third-order valence-corrected chi connectivity index (χ3v) is 5.63. The summed E-state index contributed by atoms with van der Waals surface area (Å²) in [6.45, 7) is 5.36. The maximum atomic E-state index is 12.4. The van der Waals surface area contributed by atoms with E-state index in [9.17, 15) is 13.2 Å². The van der Waals surface area contributed by atoms with E-state index in [1.54, 1.807) is 18.2 Å². The van der Waals surface area contributed by atoms with Gasteiger partial charge in [0.05, 0.1) is 18.0 Å². The molecular weight excluding hydrogens is 372 g/mol. The molecule has 0 aliphatic rings. The Kier molecular flexibility index (Phi) is 6.31. The first-order valence-corrected chi connectivity index (χ1v) is 10.4. The zero-order valence-electron chi connectivity index (χ0n) is 15.3. The van der Waals surface area contributed by atoms with Gasteiger partial charge in [0.1, 0.15) is 6.54 Å². The number of nitrogens with zero attached hydrogens (tertiary/aromatic N) is 1. The molecule has 0 heterocycles. The molecule has 2 aromatic rings. The number of rotatable bonds is 6. The average Bonchev–Trinajstić information content (AvgIpc) is 2.55. The summed E-state index contributed by atoms with van der Waals surface area (Å²) in [4.78, 5) is 12.4. The van der Waals surface area contributed by atoms with E-state index in [2.05, 4.69) is 5.32 Å². The number of carbonyl (C=O) groups excluding carboxylic acids is 1. The predicted molar refractivity (Wildman–Crippen MR) is 106 cm³/mol. The standard InChI is InChI=1S/C19H23ClN2O3S/c1-13-5-8-16(9-6-13)15(3)21-19(23)12-22(26(4,24)25)17-10-7-14(2)18(20)11-17/h5-11,15H,12H2,1-4H3,(H,21,23)/t15-/m1/s1. The lowest BCUT2D eigenvalue weighted by Crippen LogP contribution is -2.41. The molecule has 7 heteroatoms. The maximum absolute atomic E-state index is 12.4. The zero-order chi connectivity index (χ0) is 19.5. The van der Waals surface area contributed by atoms with Gasteiger partial charge in [0.2, 0.25) is 15.9 Å². The van der Waals surface area contributed by atoms with Crippen molar-refractivity contribution in [2.24, 2.45) is 0 Å². The highest BCUT2D eigenvalue weighted by Crippen LogP contribution is 2.25. The molecule has 2 rings (SSSR count). The van der Waals surface area contributed by atoms with Gasteiger partial charge in [0, 0.05) is 5.02 Å². The van der Waals surface area contributed by atoms with Gasteiger partial charge in [0.25, 0.3) is 0 Å². The highest BCUT2D eigenvalue weighted by atomic mass is 35.5. The number of nitrogens with one attached hydrogen (secondary N) is 1. The lowest BCUT2D eigenvalue weighted by atomic mass is 10.1. The van der Waals surface area contributed by atoms with Crippen LogP contribution < -0.4 is 9.62 Å². The fourth-order valence-electron chi connectivity index (χ4n) is 2.49. The Hall–Kier alpha value is -2.05. The first-order valence-electron chi connectivity index (χ1n) is 8.17. The summed E-state index contributed by atoms with van der Waals surface area (Å²) in [5, 5.41) is 3.28. The number of aryl methyl sites for hydroxylation is 2. The van der Waals surface area contributed by atoms with Crippen LogP contribution in [0.25, 0.3) is 0 Å². The molecule has 140 valence electrons. The van der Waals surface area contributed by atoms with Crippen LogP contribution in [0.2, 0.25) is 5.02 Å². The lowest BCUT2D eigenvalue weighted by Gasteiger charge is -2.23. The van der Waals surface area contributed by atoms with Gasteiger partial charge in [0.15, 0.2) is 0 Å². The van der Waals surface area contributed by atoms with E-state index in [0.717, 1.165) is 27.3 Å². The molecule has 1 N–H and O–H groups in total. The normalized spacial score (nSPS) is 12.5. The zero-order valence-corrected chi connectivity index (χ0v) is 16.9. The summed E-state index contributed by atoms with van der Waals surface area (Å²) in [6, 6.07) is 12.5. The Morgan fingerprint density at radius 2 is 1.77 bits per heavy atom. The molecule has 26 heavy (non-hydrogen) atoms. The number of hydrogen-bond donors (Lipinski definition) is 1. The van der Waals surface area contributed by atoms with Crippen molar-refractivity contribution in [3.05, 3.63) is 64.2 Å². The van der Waals surface area contributed by atoms with Crippen LogP contribution >= 0.6 is 11.6 Å². The first-order chi connectivity index (χ1) is 12.1. The van der Waals surface area contributed by atoms with Crippen LogP contribution in [0, 0.1) is 13.8 Å². The molecule has 5 nitrogen and oxygen atoms in total. The van der Waals surface area contributed by atoms with E-state index < -0.39 is 10.0 Å². The molecule has 2 aromatic carbocycles. The molecule has 0 radical (unpaired) electrons. The van der Waals surface area contributed by atoms with E-state index in [4.69, 9.17) is 11.6 Å². The summed E-state index contributed by atoms with van der Waals surface area (Å²) in [7, 11) is -3.63. The fourth-order valence-corrected chi connectivity index (χ4v) is 3.52. The lowest BCUT2D eigenvalue weighted by molar-refractivity contribution is -0.120. The largest absolute Gasteiger partial charge is 0.348 e. The molecule has 1 amide bonds. The van der Waals surface area contributed by atoms with Gasteiger partial charge in [-0.25, -0.2) is 8.42 Å². The minimum absolute atomic E-state index is 0.230. The Balaban J connectivity index is 2.16. The SMILES string of the molecule is Cc1ccc([C@@H](C)NC(=O)CN(c2ccc(C)c(Cl)c2)S(C)(=O)=O)cc1. The second-order valence-electron chi connectivity index (χ2n) is 6.40. The van der Waals surface area contributed by atoms with Crippen molar-refractivity contribution in [2.75, 3.05) is 17.1 Å². The predicted octanol–water partition coefficient (Wildman–Crippen LogP) is 3.60. The van der Waals surface area contributed by atoms with Crippen molar-refractivity contribution in [3.63, 3.8) is 0 Å². The molecule has 0 saturated carbocycles. The molecule has 0 aliphatic heterocycles. The number of hydrogen-bond acceptors (Lipinski definition) is 3. The number of carbonyl (C=O) groups is 1. The molecular formula is C19H23ClN2O3S. The van der Waals surface area contributed by atoms with Crippen LogP contribution in [0.1, 0.15) is 29.7 Å². The van der Waals surface area contributed by atoms with Gasteiger partial charge in [-0.2, -0.15) is 0 Å². The number of sulfonamides is 1. The van der Waals surface area contributed by atoms with Crippen LogP contribution in [-0.2, 0) is 14.8 Å². The Morgan fingerprint density at radius 1 is 1.15 bits per heavy atom. The molecule has 1 atom stereocenters. The van der Waals surface area contributed by atoms with Crippen LogP contribution in [-0.4, -0.2) is 27.1 Å². The van der Waals surface area contributed by atoms with Crippen LogP contribution in [0.5, 0.6) is 0 Å². The van der Waals surface area contributed by atoms with Crippen LogP contribution in [0.4, 0.5) is 5.69 Å². The van der Waals surface area contributed by atoms with Gasteiger partial charge >= 0.3 is 0 Å². The summed E-state index contributed by atoms with van der Waals surface area (Å²) in [5.41, 5.74) is 3.28. The number of amides is 1. The molecule has 0 unspecified atom stereocenters. The van der Waals surface area contributed by atoms with E-state index in [-0.39, 0.29) is 18.5 Å². The second kappa shape index (κ2) is 8.10. The molecule has 0 bridgehead atoms. The minimum Gasteiger partial charge on any atom is -0.348 e. The summed E-state index contributed by atoms with van der Waals surface area (Å²) >= 11 is 6.10. The fraction of sp³-hybridized carbons (Fsp3) is 0.316. The summed E-state index contributed by atoms with van der Waals surface area (Å²) < 4.78 is 25.4. The van der Waals surface area contributed by atoms with Crippen LogP contribution in [0.15, 0.2) is 42.5 Å². The molecule has 0 saturated heterocycles. The van der Waals surface area contributed by atoms with Crippen molar-refractivity contribution in [1.82, 2.24) is 5.32 Å². The highest BCUT2D eigenvalue weighted by Gasteiger charge is 2.22. The third-order valence-electron chi connectivity index (χ3n) is 4.09. The van der Waals surface area contributed by atoms with Gasteiger partial charge in [-0.05, 0) is 44.0 Å². The molecule has 0 aliphatic carbocycles. The summed E-state index contributed by atoms with van der Waals surface area (Å²) in [6.07, 6.45) is 1.07. The van der Waals surface area contributed by atoms with Gasteiger partial charge in [-0.1, -0.05) is 47.5 Å². The number of benzene rings is 2. The van der Waals surface area contributed by atoms with E-state index in [1.807, 2.05) is 45.0 Å². The average molecular weight is 395 g/mol. The van der Waals surface area contributed by atoms with E-state index >= 15 is 0 Å². The monoisotopic (exact) mass is 394 g/mol. The van der Waals surface area contributed by atoms with Gasteiger partial charge < -0.3 is 5.32 Å². The minimum atomic E-state index is -3.63. The molecule has 0 aromatic heterocycles. The van der Waals surface area contributed by atoms with Crippen molar-refractivity contribution in [3.8, 4) is 0 Å². The topological polar surface area (TPSA) is 66.5 Å². The maximum Gasteiger partial charge on any atom is 0.241 e. The highest BCUT2D eigenvalue weighted by molar-refractivity contribution is 7.92. The Morgan fingerprint density at radius 3 is 2.31 bits per heavy atom. The second-order valence-corrected chi connectivity index (χ2v) is 8.72. The van der Waals surface area contributed by atoms with Crippen molar-refractivity contribution in [2.45, 2.75) is 26.8 Å². The van der Waals surface area contributed by atoms with Crippen molar-refractivity contribution < 1.29 is 13.2 Å². The van der Waals surface area contributed by atoms with Crippen molar-refractivity contribution in [1.29, 1.82) is 0 Å². The quantitative estimate of drug-likeness (QED) is 0.813. The van der Waals surface area contributed by atoms with E-state index in [0.29, 0.717) is 10.7 Å².